The second-order valence-corrected chi connectivity index (χ2v) is 1.74. The van der Waals surface area contributed by atoms with Gasteiger partial charge in [-0.05, 0) is 6.07 Å². The Morgan fingerprint density at radius 2 is 2.67 bits per heavy atom. The van der Waals surface area contributed by atoms with Crippen LogP contribution in [-0.4, -0.2) is 4.98 Å². The molecule has 0 aliphatic heterocycles. The van der Waals surface area contributed by atoms with E-state index in [1.54, 1.807) is 6.20 Å². The fourth-order valence-corrected chi connectivity index (χ4v) is 0.619. The Balaban J connectivity index is 2.72. The van der Waals surface area contributed by atoms with Gasteiger partial charge in [0, 0.05) is 24.4 Å². The maximum Gasteiger partial charge on any atom is 0.0441 e. The van der Waals surface area contributed by atoms with Crippen molar-refractivity contribution in [3.05, 3.63) is 42.7 Å². The molecular weight excluding hydrogens is 110 g/mol. The lowest BCUT2D eigenvalue weighted by atomic mass is 10.3. The van der Waals surface area contributed by atoms with Gasteiger partial charge in [0.1, 0.15) is 0 Å². The predicted molar refractivity (Wildman–Crippen MR) is 37.0 cm³/mol. The Bertz CT molecular complexity index is 179. The summed E-state index contributed by atoms with van der Waals surface area (Å²) in [6.07, 6.45) is 4.34. The highest BCUT2D eigenvalue weighted by atomic mass is 14.7. The van der Waals surface area contributed by atoms with E-state index in [2.05, 4.69) is 17.6 Å². The predicted octanol–water partition coefficient (Wildman–Crippen LogP) is 1.61. The van der Waals surface area contributed by atoms with E-state index in [9.17, 15) is 0 Å². The Morgan fingerprint density at radius 3 is 3.22 bits per heavy atom. The highest BCUT2D eigenvalue weighted by molar-refractivity contribution is 5.05. The van der Waals surface area contributed by atoms with Crippen LogP contribution in [0, 0.1) is 6.07 Å². The van der Waals surface area contributed by atoms with Gasteiger partial charge in [-0.25, -0.2) is 0 Å². The molecule has 1 radical (unpaired) electrons. The zero-order valence-electron chi connectivity index (χ0n) is 5.17. The average molecular weight is 118 g/mol. The number of hydrogen-bond acceptors (Lipinski definition) is 1. The van der Waals surface area contributed by atoms with E-state index >= 15 is 0 Å². The number of allylic oxidation sites excluding steroid dienone is 1. The van der Waals surface area contributed by atoms with Crippen molar-refractivity contribution < 1.29 is 0 Å². The molecule has 0 bridgehead atoms. The van der Waals surface area contributed by atoms with Crippen molar-refractivity contribution in [2.75, 3.05) is 0 Å². The summed E-state index contributed by atoms with van der Waals surface area (Å²) in [5.74, 6) is 0. The van der Waals surface area contributed by atoms with Gasteiger partial charge in [0.2, 0.25) is 0 Å². The number of nitrogens with zero attached hydrogens (tertiary/aromatic N) is 1. The topological polar surface area (TPSA) is 12.9 Å². The summed E-state index contributed by atoms with van der Waals surface area (Å²) in [4.78, 5) is 4.04. The van der Waals surface area contributed by atoms with Crippen LogP contribution >= 0.6 is 0 Å². The molecule has 0 atom stereocenters. The standard InChI is InChI=1S/C8H8N/c1-2-5-8-6-3-4-7-9-8/h2-3,6-7H,1,5H2. The quantitative estimate of drug-likeness (QED) is 0.537. The van der Waals surface area contributed by atoms with Gasteiger partial charge in [0.15, 0.2) is 0 Å². The molecule has 1 heteroatoms. The van der Waals surface area contributed by atoms with E-state index < -0.39 is 0 Å². The van der Waals surface area contributed by atoms with Crippen LogP contribution in [0.2, 0.25) is 0 Å². The van der Waals surface area contributed by atoms with Crippen molar-refractivity contribution in [1.82, 2.24) is 4.98 Å². The van der Waals surface area contributed by atoms with Crippen LogP contribution in [0.3, 0.4) is 0 Å². The van der Waals surface area contributed by atoms with Crippen LogP contribution in [0.15, 0.2) is 31.0 Å². The van der Waals surface area contributed by atoms with Gasteiger partial charge < -0.3 is 0 Å². The van der Waals surface area contributed by atoms with Crippen LogP contribution in [0.25, 0.3) is 0 Å². The van der Waals surface area contributed by atoms with Gasteiger partial charge in [0.25, 0.3) is 0 Å². The first kappa shape index (κ1) is 6.02. The monoisotopic (exact) mass is 118 g/mol. The lowest BCUT2D eigenvalue weighted by Gasteiger charge is -1.89. The van der Waals surface area contributed by atoms with Gasteiger partial charge in [-0.2, -0.15) is 0 Å². The summed E-state index contributed by atoms with van der Waals surface area (Å²) in [5, 5.41) is 0. The van der Waals surface area contributed by atoms with Crippen molar-refractivity contribution in [2.45, 2.75) is 6.42 Å². The zero-order chi connectivity index (χ0) is 6.53. The first-order valence-corrected chi connectivity index (χ1v) is 2.85. The second-order valence-electron chi connectivity index (χ2n) is 1.74. The molecule has 1 aromatic rings. The average Bonchev–Trinajstić information content (AvgIpc) is 1.91. The van der Waals surface area contributed by atoms with Gasteiger partial charge in [-0.15, -0.1) is 6.58 Å². The minimum absolute atomic E-state index is 0.842. The minimum Gasteiger partial charge on any atom is -0.260 e. The van der Waals surface area contributed by atoms with E-state index in [-0.39, 0.29) is 0 Å². The Kier molecular flexibility index (Phi) is 2.02. The van der Waals surface area contributed by atoms with Gasteiger partial charge in [0.05, 0.1) is 0 Å². The molecule has 0 saturated heterocycles. The van der Waals surface area contributed by atoms with Gasteiger partial charge >= 0.3 is 0 Å². The van der Waals surface area contributed by atoms with Gasteiger partial charge in [-0.3, -0.25) is 4.98 Å². The molecule has 0 aliphatic rings. The molecule has 1 aromatic heterocycles. The summed E-state index contributed by atoms with van der Waals surface area (Å²) in [7, 11) is 0. The second kappa shape index (κ2) is 3.02. The van der Waals surface area contributed by atoms with Crippen molar-refractivity contribution in [2.24, 2.45) is 0 Å². The molecule has 0 aliphatic carbocycles. The fraction of sp³-hybridized carbons (Fsp3) is 0.125. The minimum atomic E-state index is 0.842. The molecule has 9 heavy (non-hydrogen) atoms. The first-order valence-electron chi connectivity index (χ1n) is 2.85. The Labute approximate surface area is 55.1 Å². The first-order chi connectivity index (χ1) is 4.43. The van der Waals surface area contributed by atoms with E-state index in [1.807, 2.05) is 18.2 Å². The van der Waals surface area contributed by atoms with E-state index in [0.717, 1.165) is 12.1 Å². The summed E-state index contributed by atoms with van der Waals surface area (Å²) in [6.45, 7) is 3.61. The summed E-state index contributed by atoms with van der Waals surface area (Å²) in [5.41, 5.74) is 1.05. The summed E-state index contributed by atoms with van der Waals surface area (Å²) < 4.78 is 0. The van der Waals surface area contributed by atoms with Crippen molar-refractivity contribution in [3.63, 3.8) is 0 Å². The molecule has 0 spiro atoms. The molecule has 45 valence electrons. The maximum absolute atomic E-state index is 4.04. The smallest absolute Gasteiger partial charge is 0.0441 e. The molecule has 0 saturated carbocycles. The third-order valence-corrected chi connectivity index (χ3v) is 1.03. The summed E-state index contributed by atoms with van der Waals surface area (Å²) >= 11 is 0. The van der Waals surface area contributed by atoms with Crippen LogP contribution in [0.1, 0.15) is 5.69 Å². The molecule has 0 amide bonds. The molecule has 1 heterocycles. The van der Waals surface area contributed by atoms with Crippen LogP contribution in [0.5, 0.6) is 0 Å². The van der Waals surface area contributed by atoms with Crippen LogP contribution < -0.4 is 0 Å². The largest absolute Gasteiger partial charge is 0.260 e. The van der Waals surface area contributed by atoms with Crippen molar-refractivity contribution in [1.29, 1.82) is 0 Å². The molecule has 1 rings (SSSR count). The van der Waals surface area contributed by atoms with Crippen LogP contribution in [-0.2, 0) is 6.42 Å². The highest BCUT2D eigenvalue weighted by Crippen LogP contribution is 1.92. The highest BCUT2D eigenvalue weighted by Gasteiger charge is 1.84. The fourth-order valence-electron chi connectivity index (χ4n) is 0.619. The van der Waals surface area contributed by atoms with Gasteiger partial charge in [-0.1, -0.05) is 12.1 Å². The molecule has 0 N–H and O–H groups in total. The van der Waals surface area contributed by atoms with E-state index in [4.69, 9.17) is 0 Å². The number of hydrogen-bond donors (Lipinski definition) is 0. The third kappa shape index (κ3) is 1.68. The van der Waals surface area contributed by atoms with E-state index in [0.29, 0.717) is 0 Å². The zero-order valence-corrected chi connectivity index (χ0v) is 5.17. The van der Waals surface area contributed by atoms with E-state index in [1.165, 1.54) is 0 Å². The molecular formula is C8H8N. The normalized spacial score (nSPS) is 8.89. The molecule has 0 aromatic carbocycles. The Morgan fingerprint density at radius 1 is 1.78 bits per heavy atom. The SMILES string of the molecule is C=CCc1cc[c]cn1. The molecule has 0 fully saturated rings. The Hall–Kier alpha value is -1.11. The lowest BCUT2D eigenvalue weighted by Crippen LogP contribution is -1.83. The number of rotatable bonds is 2. The summed E-state index contributed by atoms with van der Waals surface area (Å²) in [6, 6.07) is 6.63. The molecule has 1 nitrogen and oxygen atoms in total. The molecule has 0 unspecified atom stereocenters. The number of aromatic nitrogens is 1. The van der Waals surface area contributed by atoms with Crippen molar-refractivity contribution in [3.8, 4) is 0 Å². The van der Waals surface area contributed by atoms with Crippen molar-refractivity contribution >= 4 is 0 Å². The number of pyridine rings is 1. The maximum atomic E-state index is 4.04. The lowest BCUT2D eigenvalue weighted by molar-refractivity contribution is 1.11. The van der Waals surface area contributed by atoms with Crippen LogP contribution in [0.4, 0.5) is 0 Å². The third-order valence-electron chi connectivity index (χ3n) is 1.03.